The smallest absolute Gasteiger partial charge is 0.217 e. The van der Waals surface area contributed by atoms with Crippen LogP contribution in [0.5, 0.6) is 0 Å². The molecular weight excluding hydrogens is 410 g/mol. The molecule has 2 aliphatic carbocycles. The van der Waals surface area contributed by atoms with E-state index >= 15 is 0 Å². The summed E-state index contributed by atoms with van der Waals surface area (Å²) in [5.41, 5.74) is 4.09. The molecule has 0 radical (unpaired) electrons. The van der Waals surface area contributed by atoms with Crippen LogP contribution in [0.3, 0.4) is 0 Å². The van der Waals surface area contributed by atoms with Gasteiger partial charge in [-0.3, -0.25) is 10.1 Å². The highest BCUT2D eigenvalue weighted by Gasteiger charge is 2.57. The van der Waals surface area contributed by atoms with E-state index in [1.807, 2.05) is 6.07 Å². The molecule has 0 heterocycles. The summed E-state index contributed by atoms with van der Waals surface area (Å²) < 4.78 is 5.94. The Hall–Kier alpha value is -1.39. The van der Waals surface area contributed by atoms with Crippen LogP contribution in [0.2, 0.25) is 22.7 Å². The monoisotopic (exact) mass is 455 g/mol. The van der Waals surface area contributed by atoms with E-state index in [9.17, 15) is 4.79 Å². The lowest BCUT2D eigenvalue weighted by Gasteiger charge is -2.45. The third kappa shape index (κ3) is 4.37. The number of benzene rings is 1. The average Bonchev–Trinajstić information content (AvgIpc) is 2.88. The number of hydrogen-bond donors (Lipinski definition) is 1. The van der Waals surface area contributed by atoms with Gasteiger partial charge in [-0.05, 0) is 30.0 Å². The van der Waals surface area contributed by atoms with Gasteiger partial charge in [0.15, 0.2) is 5.76 Å². The van der Waals surface area contributed by atoms with Gasteiger partial charge < -0.3 is 4.74 Å². The molecule has 0 aromatic heterocycles. The fourth-order valence-corrected chi connectivity index (χ4v) is 13.4. The molecule has 178 valence electrons. The van der Waals surface area contributed by atoms with E-state index in [-0.39, 0.29) is 11.7 Å². The molecule has 3 nitrogen and oxygen atoms in total. The zero-order chi connectivity index (χ0) is 23.5. The van der Waals surface area contributed by atoms with Crippen molar-refractivity contribution in [2.24, 2.45) is 5.92 Å². The molecule has 2 aliphatic rings. The molecule has 0 saturated heterocycles. The molecule has 0 spiro atoms. The normalized spacial score (nSPS) is 24.4. The first-order chi connectivity index (χ1) is 15.2. The van der Waals surface area contributed by atoms with E-state index in [1.54, 1.807) is 7.11 Å². The summed E-state index contributed by atoms with van der Waals surface area (Å²) in [4.78, 5) is 14.0. The van der Waals surface area contributed by atoms with Gasteiger partial charge in [-0.1, -0.05) is 108 Å². The number of ketones is 1. The van der Waals surface area contributed by atoms with Crippen molar-refractivity contribution in [3.63, 3.8) is 0 Å². The quantitative estimate of drug-likeness (QED) is 0.398. The third-order valence-corrected chi connectivity index (χ3v) is 16.3. The maximum atomic E-state index is 14.0. The van der Waals surface area contributed by atoms with Gasteiger partial charge in [0.1, 0.15) is 0 Å². The third-order valence-electron chi connectivity index (χ3n) is 8.86. The van der Waals surface area contributed by atoms with Crippen molar-refractivity contribution in [2.75, 3.05) is 7.11 Å². The lowest BCUT2D eigenvalue weighted by atomic mass is 9.78. The van der Waals surface area contributed by atoms with Gasteiger partial charge in [0.25, 0.3) is 0 Å². The second kappa shape index (κ2) is 10.3. The van der Waals surface area contributed by atoms with E-state index in [2.05, 4.69) is 71.1 Å². The summed E-state index contributed by atoms with van der Waals surface area (Å²) in [7, 11) is 0.00424. The number of carbonyl (C=O) groups is 1. The highest BCUT2D eigenvalue weighted by molar-refractivity contribution is 6.84. The van der Waals surface area contributed by atoms with Crippen molar-refractivity contribution in [1.82, 2.24) is 5.32 Å². The zero-order valence-electron chi connectivity index (χ0n) is 21.5. The zero-order valence-corrected chi connectivity index (χ0v) is 22.5. The summed E-state index contributed by atoms with van der Waals surface area (Å²) in [6.07, 6.45) is 5.53. The largest absolute Gasteiger partial charge is 0.493 e. The molecule has 0 bridgehead atoms. The van der Waals surface area contributed by atoms with Crippen molar-refractivity contribution in [2.45, 2.75) is 108 Å². The molecule has 32 heavy (non-hydrogen) atoms. The molecular formula is C28H45NO2Si. The van der Waals surface area contributed by atoms with Crippen molar-refractivity contribution in [1.29, 1.82) is 0 Å². The summed E-state index contributed by atoms with van der Waals surface area (Å²) in [5, 5.41) is 3.82. The highest BCUT2D eigenvalue weighted by Crippen LogP contribution is 2.53. The van der Waals surface area contributed by atoms with Gasteiger partial charge in [-0.25, -0.2) is 0 Å². The van der Waals surface area contributed by atoms with E-state index < -0.39 is 13.6 Å². The molecule has 1 N–H and O–H groups in total. The fourth-order valence-electron chi connectivity index (χ4n) is 7.12. The van der Waals surface area contributed by atoms with Crippen LogP contribution in [0.25, 0.3) is 0 Å². The Balaban J connectivity index is 2.03. The molecule has 1 aromatic rings. The number of carbonyl (C=O) groups excluding carboxylic acids is 1. The average molecular weight is 456 g/mol. The lowest BCUT2D eigenvalue weighted by molar-refractivity contribution is -0.125. The molecule has 0 aliphatic heterocycles. The topological polar surface area (TPSA) is 38.3 Å². The van der Waals surface area contributed by atoms with Crippen LogP contribution in [-0.2, 0) is 16.1 Å². The molecule has 0 unspecified atom stereocenters. The number of nitrogens with one attached hydrogen (secondary N) is 1. The Morgan fingerprint density at radius 3 is 2.19 bits per heavy atom. The van der Waals surface area contributed by atoms with Crippen LogP contribution < -0.4 is 5.32 Å². The summed E-state index contributed by atoms with van der Waals surface area (Å²) in [6.45, 7) is 15.3. The fraction of sp³-hybridized carbons (Fsp3) is 0.679. The van der Waals surface area contributed by atoms with Gasteiger partial charge in [0.05, 0.1) is 20.7 Å². The molecule has 0 amide bonds. The van der Waals surface area contributed by atoms with Crippen molar-refractivity contribution in [3.8, 4) is 0 Å². The Kier molecular flexibility index (Phi) is 8.09. The second-order valence-electron chi connectivity index (χ2n) is 11.1. The van der Waals surface area contributed by atoms with Crippen LogP contribution in [0.15, 0.2) is 41.7 Å². The molecule has 3 rings (SSSR count). The van der Waals surface area contributed by atoms with Gasteiger partial charge in [0.2, 0.25) is 5.78 Å². The Bertz CT molecular complexity index is 792. The SMILES string of the molecule is COC1=C(C[Si](C(C)C)(C(C)C)C(C)C)[C@H]2CCCCC[C@@]2(NCc2ccccc2)C1=O. The van der Waals surface area contributed by atoms with E-state index in [4.69, 9.17) is 4.74 Å². The van der Waals surface area contributed by atoms with E-state index in [0.717, 1.165) is 31.9 Å². The highest BCUT2D eigenvalue weighted by atomic mass is 28.3. The number of hydrogen-bond acceptors (Lipinski definition) is 3. The minimum atomic E-state index is -1.71. The Labute approximate surface area is 197 Å². The van der Waals surface area contributed by atoms with Gasteiger partial charge in [-0.15, -0.1) is 0 Å². The maximum absolute atomic E-state index is 14.0. The number of fused-ring (bicyclic) bond motifs is 1. The predicted molar refractivity (Wildman–Crippen MR) is 137 cm³/mol. The summed E-state index contributed by atoms with van der Waals surface area (Å²) in [5.74, 6) is 1.17. The Morgan fingerprint density at radius 2 is 1.62 bits per heavy atom. The molecule has 4 heteroatoms. The standard InChI is InChI=1S/C28H45NO2Si/c1-20(2)32(21(3)4,22(5)6)19-24-25-16-12-9-13-17-28(25,27(30)26(24)31-7)29-18-23-14-10-8-11-15-23/h8,10-11,14-15,20-22,25,29H,9,12-13,16-19H2,1-7H3/t25-,28+/m1/s1. The second-order valence-corrected chi connectivity index (χ2v) is 17.1. The maximum Gasteiger partial charge on any atom is 0.217 e. The van der Waals surface area contributed by atoms with Crippen molar-refractivity contribution >= 4 is 13.9 Å². The summed E-state index contributed by atoms with van der Waals surface area (Å²) in [6, 6.07) is 11.6. The number of rotatable bonds is 9. The van der Waals surface area contributed by atoms with Crippen molar-refractivity contribution in [3.05, 3.63) is 47.2 Å². The van der Waals surface area contributed by atoms with Crippen LogP contribution in [-0.4, -0.2) is 26.5 Å². The molecule has 1 saturated carbocycles. The van der Waals surface area contributed by atoms with Crippen LogP contribution in [0.1, 0.15) is 79.2 Å². The van der Waals surface area contributed by atoms with Gasteiger partial charge in [0, 0.05) is 12.5 Å². The number of methoxy groups -OCH3 is 1. The Morgan fingerprint density at radius 1 is 1.00 bits per heavy atom. The first-order valence-corrected chi connectivity index (χ1v) is 15.2. The van der Waals surface area contributed by atoms with Crippen LogP contribution in [0, 0.1) is 5.92 Å². The van der Waals surface area contributed by atoms with E-state index in [1.165, 1.54) is 24.0 Å². The minimum Gasteiger partial charge on any atom is -0.493 e. The van der Waals surface area contributed by atoms with Gasteiger partial charge >= 0.3 is 0 Å². The van der Waals surface area contributed by atoms with Gasteiger partial charge in [-0.2, -0.15) is 0 Å². The minimum absolute atomic E-state index is 0.219. The first-order valence-electron chi connectivity index (χ1n) is 12.8. The lowest BCUT2D eigenvalue weighted by Crippen LogP contribution is -2.54. The van der Waals surface area contributed by atoms with E-state index in [0.29, 0.717) is 22.4 Å². The molecule has 1 aromatic carbocycles. The first kappa shape index (κ1) is 25.2. The van der Waals surface area contributed by atoms with Crippen LogP contribution in [0.4, 0.5) is 0 Å². The number of ether oxygens (including phenoxy) is 1. The van der Waals surface area contributed by atoms with Crippen LogP contribution >= 0.6 is 0 Å². The predicted octanol–water partition coefficient (Wildman–Crippen LogP) is 7.26. The summed E-state index contributed by atoms with van der Waals surface area (Å²) >= 11 is 0. The number of Topliss-reactive ketones (excluding diaryl/α,β-unsaturated/α-hetero) is 1. The molecule has 2 atom stereocenters. The van der Waals surface area contributed by atoms with Crippen molar-refractivity contribution < 1.29 is 9.53 Å². The molecule has 1 fully saturated rings.